The number of carbonyl (C=O) groups is 1. The van der Waals surface area contributed by atoms with Gasteiger partial charge < -0.3 is 14.5 Å². The summed E-state index contributed by atoms with van der Waals surface area (Å²) in [7, 11) is 0. The molecule has 1 aliphatic rings. The van der Waals surface area contributed by atoms with Crippen LogP contribution in [0.1, 0.15) is 33.3 Å². The smallest absolute Gasteiger partial charge is 0.411 e. The Morgan fingerprint density at radius 1 is 1.29 bits per heavy atom. The lowest BCUT2D eigenvalue weighted by atomic mass is 9.90. The summed E-state index contributed by atoms with van der Waals surface area (Å²) in [4.78, 5) is 33.5. The van der Waals surface area contributed by atoms with E-state index in [4.69, 9.17) is 21.1 Å². The Bertz CT molecular complexity index is 1180. The summed E-state index contributed by atoms with van der Waals surface area (Å²) in [5.41, 5.74) is 0.617. The van der Waals surface area contributed by atoms with Crippen molar-refractivity contribution < 1.29 is 14.3 Å². The van der Waals surface area contributed by atoms with Gasteiger partial charge in [-0.2, -0.15) is 0 Å². The third kappa shape index (κ3) is 3.93. The highest BCUT2D eigenvalue weighted by molar-refractivity contribution is 6.31. The van der Waals surface area contributed by atoms with Crippen LogP contribution in [0.5, 0.6) is 0 Å². The molecule has 1 aromatic carbocycles. The van der Waals surface area contributed by atoms with Crippen LogP contribution in [0.2, 0.25) is 5.15 Å². The molecule has 9 heteroatoms. The number of carbonyl (C=O) groups excluding carboxylic acids is 1. The molecule has 8 nitrogen and oxygen atoms in total. The van der Waals surface area contributed by atoms with E-state index in [0.717, 1.165) is 11.3 Å². The highest BCUT2D eigenvalue weighted by atomic mass is 35.5. The number of H-pyrrole nitrogens is 1. The summed E-state index contributed by atoms with van der Waals surface area (Å²) < 4.78 is 13.0. The Balaban J connectivity index is 1.70. The van der Waals surface area contributed by atoms with E-state index in [1.807, 2.05) is 52.0 Å². The van der Waals surface area contributed by atoms with E-state index < -0.39 is 11.1 Å². The minimum atomic E-state index is -0.683. The van der Waals surface area contributed by atoms with Crippen LogP contribution in [-0.4, -0.2) is 50.9 Å². The highest BCUT2D eigenvalue weighted by Gasteiger charge is 2.41. The number of nitrogens with one attached hydrogen (secondary N) is 1. The predicted molar refractivity (Wildman–Crippen MR) is 118 cm³/mol. The van der Waals surface area contributed by atoms with E-state index in [1.54, 1.807) is 15.5 Å². The van der Waals surface area contributed by atoms with Crippen LogP contribution in [0.15, 0.2) is 41.5 Å². The number of fused-ring (bicyclic) bond motifs is 1. The first kappa shape index (κ1) is 21.4. The number of ether oxygens (including phenoxy) is 2. The van der Waals surface area contributed by atoms with Crippen LogP contribution in [0.4, 0.5) is 4.79 Å². The summed E-state index contributed by atoms with van der Waals surface area (Å²) in [5, 5.41) is 0.801. The van der Waals surface area contributed by atoms with E-state index in [9.17, 15) is 9.59 Å². The maximum Gasteiger partial charge on any atom is 0.411 e. The van der Waals surface area contributed by atoms with Gasteiger partial charge in [-0.1, -0.05) is 23.7 Å². The van der Waals surface area contributed by atoms with Crippen molar-refractivity contribution in [2.75, 3.05) is 19.8 Å². The number of aromatic nitrogens is 3. The number of hydrogen-bond donors (Lipinski definition) is 1. The minimum absolute atomic E-state index is 0.248. The Kier molecular flexibility index (Phi) is 5.31. The zero-order chi connectivity index (χ0) is 22.4. The number of aromatic amines is 1. The summed E-state index contributed by atoms with van der Waals surface area (Å²) in [6, 6.07) is 9.22. The third-order valence-electron chi connectivity index (χ3n) is 5.36. The van der Waals surface area contributed by atoms with E-state index in [0.29, 0.717) is 35.9 Å². The molecule has 1 aliphatic heterocycles. The fourth-order valence-corrected chi connectivity index (χ4v) is 4.10. The van der Waals surface area contributed by atoms with Crippen molar-refractivity contribution >= 4 is 28.7 Å². The molecule has 2 aromatic heterocycles. The highest BCUT2D eigenvalue weighted by Crippen LogP contribution is 2.34. The second kappa shape index (κ2) is 7.69. The lowest BCUT2D eigenvalue weighted by Gasteiger charge is -2.45. The maximum absolute atomic E-state index is 12.9. The van der Waals surface area contributed by atoms with Crippen LogP contribution in [0.25, 0.3) is 16.7 Å². The van der Waals surface area contributed by atoms with E-state index in [1.165, 1.54) is 6.33 Å². The molecule has 0 radical (unpaired) electrons. The van der Waals surface area contributed by atoms with Gasteiger partial charge in [0.05, 0.1) is 30.5 Å². The second-order valence-corrected chi connectivity index (χ2v) is 9.16. The Morgan fingerprint density at radius 2 is 2.00 bits per heavy atom. The van der Waals surface area contributed by atoms with Crippen LogP contribution in [-0.2, 0) is 15.0 Å². The van der Waals surface area contributed by atoms with Crippen molar-refractivity contribution in [3.8, 4) is 5.69 Å². The van der Waals surface area contributed by atoms with Crippen LogP contribution < -0.4 is 5.56 Å². The maximum atomic E-state index is 12.9. The number of nitrogens with zero attached hydrogens (tertiary/aromatic N) is 3. The van der Waals surface area contributed by atoms with Gasteiger partial charge in [0.15, 0.2) is 5.65 Å². The molecule has 1 saturated heterocycles. The number of benzene rings is 1. The number of rotatable bonds is 2. The lowest BCUT2D eigenvalue weighted by Crippen LogP contribution is -2.56. The molecule has 164 valence electrons. The quantitative estimate of drug-likeness (QED) is 0.648. The van der Waals surface area contributed by atoms with E-state index >= 15 is 0 Å². The van der Waals surface area contributed by atoms with Gasteiger partial charge in [0.1, 0.15) is 10.8 Å². The van der Waals surface area contributed by atoms with Crippen molar-refractivity contribution in [1.82, 2.24) is 19.4 Å². The molecule has 0 aliphatic carbocycles. The Labute approximate surface area is 184 Å². The van der Waals surface area contributed by atoms with Crippen LogP contribution >= 0.6 is 11.6 Å². The molecule has 1 unspecified atom stereocenters. The fourth-order valence-electron chi connectivity index (χ4n) is 3.81. The summed E-state index contributed by atoms with van der Waals surface area (Å²) in [6.07, 6.45) is 0.982. The molecule has 1 atom stereocenters. The van der Waals surface area contributed by atoms with Crippen LogP contribution in [0.3, 0.4) is 0 Å². The molecule has 1 N–H and O–H groups in total. The first-order chi connectivity index (χ1) is 14.6. The van der Waals surface area contributed by atoms with Crippen molar-refractivity contribution in [1.29, 1.82) is 0 Å². The van der Waals surface area contributed by atoms with Gasteiger partial charge in [0, 0.05) is 12.2 Å². The van der Waals surface area contributed by atoms with Gasteiger partial charge in [-0.25, -0.2) is 9.78 Å². The number of halogens is 1. The zero-order valence-electron chi connectivity index (χ0n) is 17.9. The monoisotopic (exact) mass is 444 g/mol. The molecular weight excluding hydrogens is 420 g/mol. The molecule has 3 heterocycles. The fraction of sp³-hybridized carbons (Fsp3) is 0.409. The van der Waals surface area contributed by atoms with Crippen molar-refractivity contribution in [2.45, 2.75) is 38.8 Å². The number of amides is 1. The van der Waals surface area contributed by atoms with Gasteiger partial charge in [-0.05, 0) is 51.5 Å². The SMILES string of the molecule is CC(C)(C)OC(=O)N1CCOCC1(C)c1ccc(-n2c(Cl)cc3c(=O)[nH]cnc32)cc1. The lowest BCUT2D eigenvalue weighted by molar-refractivity contribution is -0.0712. The summed E-state index contributed by atoms with van der Waals surface area (Å²) in [5.74, 6) is 0. The van der Waals surface area contributed by atoms with E-state index in [2.05, 4.69) is 9.97 Å². The molecule has 0 saturated carbocycles. The molecule has 1 fully saturated rings. The molecular formula is C22H25ClN4O4. The molecule has 3 aromatic rings. The Hall–Kier alpha value is -2.84. The van der Waals surface area contributed by atoms with Gasteiger partial charge in [-0.3, -0.25) is 14.3 Å². The van der Waals surface area contributed by atoms with Gasteiger partial charge in [-0.15, -0.1) is 0 Å². The topological polar surface area (TPSA) is 89.5 Å². The first-order valence-corrected chi connectivity index (χ1v) is 10.4. The van der Waals surface area contributed by atoms with Gasteiger partial charge in [0.2, 0.25) is 0 Å². The molecule has 0 bridgehead atoms. The minimum Gasteiger partial charge on any atom is -0.444 e. The second-order valence-electron chi connectivity index (χ2n) is 8.78. The molecule has 0 spiro atoms. The number of hydrogen-bond acceptors (Lipinski definition) is 5. The summed E-state index contributed by atoms with van der Waals surface area (Å²) in [6.45, 7) is 8.76. The zero-order valence-corrected chi connectivity index (χ0v) is 18.7. The van der Waals surface area contributed by atoms with Crippen molar-refractivity contribution in [2.24, 2.45) is 0 Å². The standard InChI is InChI=1S/C22H25ClN4O4/c1-21(2,3)31-20(29)26-9-10-30-12-22(26,4)14-5-7-15(8-6-14)27-17(23)11-16-18(27)24-13-25-19(16)28/h5-8,11,13H,9-10,12H2,1-4H3,(H,24,25,28). The predicted octanol–water partition coefficient (Wildman–Crippen LogP) is 3.85. The first-order valence-electron chi connectivity index (χ1n) is 10.0. The molecule has 31 heavy (non-hydrogen) atoms. The molecule has 4 rings (SSSR count). The average Bonchev–Trinajstić information content (AvgIpc) is 3.04. The Morgan fingerprint density at radius 3 is 2.68 bits per heavy atom. The van der Waals surface area contributed by atoms with E-state index in [-0.39, 0.29) is 11.7 Å². The largest absolute Gasteiger partial charge is 0.444 e. The van der Waals surface area contributed by atoms with Crippen molar-refractivity contribution in [3.63, 3.8) is 0 Å². The third-order valence-corrected chi connectivity index (χ3v) is 5.63. The molecule has 1 amide bonds. The van der Waals surface area contributed by atoms with Crippen molar-refractivity contribution in [3.05, 3.63) is 57.7 Å². The summed E-state index contributed by atoms with van der Waals surface area (Å²) >= 11 is 6.40. The number of morpholine rings is 1. The van der Waals surface area contributed by atoms with Crippen LogP contribution in [0, 0.1) is 0 Å². The van der Waals surface area contributed by atoms with Gasteiger partial charge >= 0.3 is 6.09 Å². The average molecular weight is 445 g/mol. The normalized spacial score (nSPS) is 19.6. The van der Waals surface area contributed by atoms with Gasteiger partial charge in [0.25, 0.3) is 5.56 Å².